The Morgan fingerprint density at radius 2 is 2.07 bits per heavy atom. The molecule has 4 nitrogen and oxygen atoms in total. The van der Waals surface area contributed by atoms with Crippen LogP contribution in [0.4, 0.5) is 0 Å². The van der Waals surface area contributed by atoms with Crippen LogP contribution in [0.25, 0.3) is 0 Å². The molecule has 0 rings (SSSR count). The molecule has 0 spiro atoms. The van der Waals surface area contributed by atoms with Crippen LogP contribution >= 0.6 is 0 Å². The molecule has 0 aromatic heterocycles. The van der Waals surface area contributed by atoms with Gasteiger partial charge in [0, 0.05) is 13.1 Å². The molecule has 0 fully saturated rings. The number of carbonyl (C=O) groups is 1. The SMILES string of the molecule is CCCC(C)(NCCN(C)C)C(=O)O. The summed E-state index contributed by atoms with van der Waals surface area (Å²) in [4.78, 5) is 13.0. The molecule has 14 heavy (non-hydrogen) atoms. The summed E-state index contributed by atoms with van der Waals surface area (Å²) in [6, 6.07) is 0. The maximum Gasteiger partial charge on any atom is 0.323 e. The molecule has 0 saturated heterocycles. The van der Waals surface area contributed by atoms with Gasteiger partial charge in [0.1, 0.15) is 5.54 Å². The topological polar surface area (TPSA) is 52.6 Å². The largest absolute Gasteiger partial charge is 0.480 e. The summed E-state index contributed by atoms with van der Waals surface area (Å²) in [7, 11) is 3.94. The van der Waals surface area contributed by atoms with Crippen molar-refractivity contribution in [2.45, 2.75) is 32.2 Å². The lowest BCUT2D eigenvalue weighted by Gasteiger charge is -2.26. The number of hydrogen-bond donors (Lipinski definition) is 2. The number of hydrogen-bond acceptors (Lipinski definition) is 3. The summed E-state index contributed by atoms with van der Waals surface area (Å²) in [5.74, 6) is -0.766. The second-order valence-corrected chi connectivity index (χ2v) is 4.12. The Balaban J connectivity index is 4.03. The van der Waals surface area contributed by atoms with E-state index in [1.165, 1.54) is 0 Å². The van der Waals surface area contributed by atoms with E-state index in [0.717, 1.165) is 13.0 Å². The minimum atomic E-state index is -0.773. The van der Waals surface area contributed by atoms with Gasteiger partial charge in [0.25, 0.3) is 0 Å². The number of rotatable bonds is 7. The van der Waals surface area contributed by atoms with E-state index in [9.17, 15) is 4.79 Å². The first-order valence-corrected chi connectivity index (χ1v) is 5.05. The maximum absolute atomic E-state index is 11.0. The van der Waals surface area contributed by atoms with Gasteiger partial charge >= 0.3 is 5.97 Å². The van der Waals surface area contributed by atoms with Crippen molar-refractivity contribution in [2.75, 3.05) is 27.2 Å². The van der Waals surface area contributed by atoms with Crippen molar-refractivity contribution in [3.05, 3.63) is 0 Å². The number of carboxylic acids is 1. The molecule has 4 heteroatoms. The highest BCUT2D eigenvalue weighted by molar-refractivity contribution is 5.78. The summed E-state index contributed by atoms with van der Waals surface area (Å²) in [5, 5.41) is 12.1. The van der Waals surface area contributed by atoms with Gasteiger partial charge in [-0.2, -0.15) is 0 Å². The Hall–Kier alpha value is -0.610. The van der Waals surface area contributed by atoms with Crippen LogP contribution in [0.5, 0.6) is 0 Å². The van der Waals surface area contributed by atoms with E-state index >= 15 is 0 Å². The second-order valence-electron chi connectivity index (χ2n) is 4.12. The molecule has 0 aliphatic rings. The average molecular weight is 202 g/mol. The maximum atomic E-state index is 11.0. The predicted molar refractivity (Wildman–Crippen MR) is 57.5 cm³/mol. The fraction of sp³-hybridized carbons (Fsp3) is 0.900. The highest BCUT2D eigenvalue weighted by Crippen LogP contribution is 2.11. The number of nitrogens with zero attached hydrogens (tertiary/aromatic N) is 1. The van der Waals surface area contributed by atoms with Crippen molar-refractivity contribution in [1.82, 2.24) is 10.2 Å². The molecule has 0 heterocycles. The molecule has 0 aromatic rings. The smallest absolute Gasteiger partial charge is 0.323 e. The first kappa shape index (κ1) is 13.4. The highest BCUT2D eigenvalue weighted by atomic mass is 16.4. The predicted octanol–water partition coefficient (Wildman–Crippen LogP) is 0.781. The van der Waals surface area contributed by atoms with Crippen molar-refractivity contribution in [2.24, 2.45) is 0 Å². The summed E-state index contributed by atoms with van der Waals surface area (Å²) in [5.41, 5.74) is -0.773. The monoisotopic (exact) mass is 202 g/mol. The molecule has 2 N–H and O–H groups in total. The minimum Gasteiger partial charge on any atom is -0.480 e. The zero-order valence-corrected chi connectivity index (χ0v) is 9.63. The Morgan fingerprint density at radius 1 is 1.50 bits per heavy atom. The Kier molecular flexibility index (Phi) is 5.72. The minimum absolute atomic E-state index is 0.662. The van der Waals surface area contributed by atoms with Gasteiger partial charge in [-0.1, -0.05) is 13.3 Å². The average Bonchev–Trinajstić information content (AvgIpc) is 2.03. The Bertz CT molecular complexity index is 183. The van der Waals surface area contributed by atoms with Gasteiger partial charge in [-0.15, -0.1) is 0 Å². The number of likely N-dealkylation sites (N-methyl/N-ethyl adjacent to an activating group) is 1. The molecule has 0 saturated carbocycles. The summed E-state index contributed by atoms with van der Waals surface area (Å²) in [6.07, 6.45) is 1.54. The number of nitrogens with one attached hydrogen (secondary N) is 1. The van der Waals surface area contributed by atoms with Crippen LogP contribution in [0, 0.1) is 0 Å². The summed E-state index contributed by atoms with van der Waals surface area (Å²) < 4.78 is 0. The molecule has 0 aliphatic heterocycles. The van der Waals surface area contributed by atoms with Crippen LogP contribution in [0.15, 0.2) is 0 Å². The van der Waals surface area contributed by atoms with Crippen LogP contribution in [0.1, 0.15) is 26.7 Å². The molecular formula is C10H22N2O2. The van der Waals surface area contributed by atoms with Crippen LogP contribution < -0.4 is 5.32 Å². The quantitative estimate of drug-likeness (QED) is 0.640. The van der Waals surface area contributed by atoms with E-state index in [0.29, 0.717) is 13.0 Å². The van der Waals surface area contributed by atoms with Gasteiger partial charge in [0.15, 0.2) is 0 Å². The van der Waals surface area contributed by atoms with E-state index in [1.807, 2.05) is 25.9 Å². The second kappa shape index (κ2) is 5.98. The van der Waals surface area contributed by atoms with Crippen molar-refractivity contribution in [3.63, 3.8) is 0 Å². The fourth-order valence-corrected chi connectivity index (χ4v) is 1.33. The lowest BCUT2D eigenvalue weighted by molar-refractivity contribution is -0.144. The third-order valence-electron chi connectivity index (χ3n) is 2.30. The Morgan fingerprint density at radius 3 is 2.43 bits per heavy atom. The first-order valence-electron chi connectivity index (χ1n) is 5.05. The van der Waals surface area contributed by atoms with Crippen molar-refractivity contribution >= 4 is 5.97 Å². The van der Waals surface area contributed by atoms with Crippen LogP contribution in [-0.2, 0) is 4.79 Å². The van der Waals surface area contributed by atoms with Crippen molar-refractivity contribution < 1.29 is 9.90 Å². The van der Waals surface area contributed by atoms with E-state index in [1.54, 1.807) is 6.92 Å². The van der Waals surface area contributed by atoms with Crippen molar-refractivity contribution in [3.8, 4) is 0 Å². The highest BCUT2D eigenvalue weighted by Gasteiger charge is 2.30. The number of aliphatic carboxylic acids is 1. The standard InChI is InChI=1S/C10H22N2O2/c1-5-6-10(2,9(13)14)11-7-8-12(3)4/h11H,5-8H2,1-4H3,(H,13,14). The number of carboxylic acid groups (broad SMARTS) is 1. The fourth-order valence-electron chi connectivity index (χ4n) is 1.33. The molecule has 0 aromatic carbocycles. The molecule has 0 bridgehead atoms. The van der Waals surface area contributed by atoms with Gasteiger partial charge in [-0.25, -0.2) is 0 Å². The lowest BCUT2D eigenvalue weighted by atomic mass is 9.96. The summed E-state index contributed by atoms with van der Waals surface area (Å²) in [6.45, 7) is 5.30. The van der Waals surface area contributed by atoms with Gasteiger partial charge in [0.2, 0.25) is 0 Å². The summed E-state index contributed by atoms with van der Waals surface area (Å²) >= 11 is 0. The van der Waals surface area contributed by atoms with E-state index < -0.39 is 11.5 Å². The van der Waals surface area contributed by atoms with E-state index in [2.05, 4.69) is 5.32 Å². The Labute approximate surface area is 86.3 Å². The normalized spacial score (nSPS) is 15.5. The molecule has 0 aliphatic carbocycles. The van der Waals surface area contributed by atoms with Crippen molar-refractivity contribution in [1.29, 1.82) is 0 Å². The zero-order valence-electron chi connectivity index (χ0n) is 9.63. The third-order valence-corrected chi connectivity index (χ3v) is 2.30. The molecule has 1 atom stereocenters. The molecule has 1 unspecified atom stereocenters. The molecule has 84 valence electrons. The van der Waals surface area contributed by atoms with Crippen LogP contribution in [-0.4, -0.2) is 48.7 Å². The van der Waals surface area contributed by atoms with Gasteiger partial charge in [-0.05, 0) is 27.4 Å². The molecular weight excluding hydrogens is 180 g/mol. The molecule has 0 radical (unpaired) electrons. The van der Waals surface area contributed by atoms with Gasteiger partial charge < -0.3 is 15.3 Å². The van der Waals surface area contributed by atoms with Gasteiger partial charge in [0.05, 0.1) is 0 Å². The van der Waals surface area contributed by atoms with Crippen LogP contribution in [0.3, 0.4) is 0 Å². The third kappa shape index (κ3) is 4.58. The zero-order chi connectivity index (χ0) is 11.2. The van der Waals surface area contributed by atoms with E-state index in [-0.39, 0.29) is 0 Å². The van der Waals surface area contributed by atoms with Gasteiger partial charge in [-0.3, -0.25) is 4.79 Å². The molecule has 0 amide bonds. The van der Waals surface area contributed by atoms with Crippen LogP contribution in [0.2, 0.25) is 0 Å². The first-order chi connectivity index (χ1) is 6.42. The van der Waals surface area contributed by atoms with E-state index in [4.69, 9.17) is 5.11 Å². The lowest BCUT2D eigenvalue weighted by Crippen LogP contribution is -2.51.